The summed E-state index contributed by atoms with van der Waals surface area (Å²) in [4.78, 5) is 0. The summed E-state index contributed by atoms with van der Waals surface area (Å²) in [6.45, 7) is 4.30. The van der Waals surface area contributed by atoms with Crippen LogP contribution >= 0.6 is 9.24 Å². The summed E-state index contributed by atoms with van der Waals surface area (Å²) in [6.07, 6.45) is -7.22. The van der Waals surface area contributed by atoms with E-state index in [4.69, 9.17) is 0 Å². The first kappa shape index (κ1) is 41.9. The van der Waals surface area contributed by atoms with E-state index in [1.54, 1.807) is 0 Å². The van der Waals surface area contributed by atoms with Gasteiger partial charge in [-0.25, -0.2) is 87.8 Å². The number of benzene rings is 5. The normalized spacial score (nSPS) is 11.7. The van der Waals surface area contributed by atoms with E-state index in [1.807, 2.05) is 9.24 Å². The molecule has 0 aromatic heterocycles. The van der Waals surface area contributed by atoms with Gasteiger partial charge in [0, 0.05) is 9.24 Å². The third-order valence-corrected chi connectivity index (χ3v) is 9.47. The lowest BCUT2D eigenvalue weighted by molar-refractivity contribution is 0.378. The van der Waals surface area contributed by atoms with Gasteiger partial charge in [0.15, 0.2) is 69.8 Å². The Morgan fingerprint density at radius 2 is 0.444 bits per heavy atom. The van der Waals surface area contributed by atoms with E-state index in [1.165, 1.54) is 16.4 Å². The Morgan fingerprint density at radius 1 is 0.296 bits per heavy atom. The van der Waals surface area contributed by atoms with Crippen molar-refractivity contribution in [3.63, 3.8) is 0 Å². The average molecular weight is 818 g/mol. The first-order chi connectivity index (χ1) is 24.9. The van der Waals surface area contributed by atoms with Crippen molar-refractivity contribution in [1.82, 2.24) is 0 Å². The first-order valence-corrected chi connectivity index (χ1v) is 14.7. The van der Waals surface area contributed by atoms with Crippen LogP contribution in [0.5, 0.6) is 0 Å². The fourth-order valence-electron chi connectivity index (χ4n) is 5.72. The van der Waals surface area contributed by atoms with Gasteiger partial charge in [0.2, 0.25) is 0 Å². The second-order valence-corrected chi connectivity index (χ2v) is 11.9. The van der Waals surface area contributed by atoms with Gasteiger partial charge in [0.05, 0.1) is 5.30 Å². The molecule has 0 bridgehead atoms. The molecule has 0 saturated heterocycles. The molecule has 1 atom stereocenters. The van der Waals surface area contributed by atoms with Crippen molar-refractivity contribution in [2.45, 2.75) is 13.8 Å². The Labute approximate surface area is 290 Å². The third kappa shape index (κ3) is 6.03. The van der Waals surface area contributed by atoms with Gasteiger partial charge in [-0.2, -0.15) is 0 Å². The van der Waals surface area contributed by atoms with Crippen LogP contribution in [0.4, 0.5) is 87.8 Å². The minimum atomic E-state index is -7.22. The molecule has 0 heterocycles. The molecule has 0 amide bonds. The molecule has 0 spiro atoms. The lowest BCUT2D eigenvalue weighted by atomic mass is 9.12. The maximum absolute atomic E-state index is 15.4. The third-order valence-electron chi connectivity index (χ3n) is 8.35. The molecule has 0 N–H and O–H groups in total. The number of halogens is 20. The predicted molar refractivity (Wildman–Crippen MR) is 156 cm³/mol. The van der Waals surface area contributed by atoms with Crippen LogP contribution in [0.2, 0.25) is 0 Å². The molecule has 5 rings (SSSR count). The highest BCUT2D eigenvalue weighted by Gasteiger charge is 2.52. The smallest absolute Gasteiger partial charge is 0.200 e. The Bertz CT molecular complexity index is 1980. The summed E-state index contributed by atoms with van der Waals surface area (Å²) in [6, 6.07) is 6.40. The van der Waals surface area contributed by atoms with Crippen molar-refractivity contribution < 1.29 is 87.8 Å². The monoisotopic (exact) mass is 818 g/mol. The standard InChI is InChI=1S/C24BF20.C8H11P/c26-5-1(6(27)14(35)21(42)13(5)34)25(2-7(28)15(36)22(43)16(37)8(2)29,3-9(30)17(38)23(44)18(39)10(3)31)4-11(32)19(40)24(45)20(41)12(4)33;1-6-4-3-5-7(2)8(6)9/h;3-5H,9H2,1-2H3/q-1;/p+1. The van der Waals surface area contributed by atoms with Gasteiger partial charge < -0.3 is 0 Å². The molecule has 0 aliphatic heterocycles. The average Bonchev–Trinajstić information content (AvgIpc) is 3.13. The van der Waals surface area contributed by atoms with Crippen LogP contribution in [0.3, 0.4) is 0 Å². The van der Waals surface area contributed by atoms with E-state index in [0.717, 1.165) is 0 Å². The fraction of sp³-hybridized carbons (Fsp3) is 0.0625. The Balaban J connectivity index is 0.000000631. The second kappa shape index (κ2) is 14.8. The van der Waals surface area contributed by atoms with Crippen molar-refractivity contribution in [3.8, 4) is 0 Å². The Kier molecular flexibility index (Phi) is 11.5. The highest BCUT2D eigenvalue weighted by Crippen LogP contribution is 2.30. The zero-order valence-electron chi connectivity index (χ0n) is 26.1. The van der Waals surface area contributed by atoms with Crippen LogP contribution in [0.15, 0.2) is 18.2 Å². The topological polar surface area (TPSA) is 0 Å². The lowest BCUT2D eigenvalue weighted by Gasteiger charge is -2.44. The highest BCUT2D eigenvalue weighted by molar-refractivity contribution is 7.27. The van der Waals surface area contributed by atoms with Gasteiger partial charge in [0.1, 0.15) is 52.7 Å². The minimum absolute atomic E-state index is 1.40. The highest BCUT2D eigenvalue weighted by atomic mass is 31.0. The molecule has 0 aliphatic rings. The number of aryl methyl sites for hydroxylation is 2. The van der Waals surface area contributed by atoms with Crippen molar-refractivity contribution in [2.24, 2.45) is 0 Å². The molecule has 0 radical (unpaired) electrons. The van der Waals surface area contributed by atoms with Crippen LogP contribution in [-0.2, 0) is 0 Å². The van der Waals surface area contributed by atoms with Crippen molar-refractivity contribution in [2.75, 3.05) is 0 Å². The van der Waals surface area contributed by atoms with Crippen LogP contribution < -0.4 is 27.2 Å². The molecule has 22 heteroatoms. The maximum atomic E-state index is 15.4. The van der Waals surface area contributed by atoms with E-state index in [0.29, 0.717) is 0 Å². The number of hydrogen-bond acceptors (Lipinski definition) is 0. The predicted octanol–water partition coefficient (Wildman–Crippen LogP) is 7.38. The van der Waals surface area contributed by atoms with Crippen LogP contribution in [0.25, 0.3) is 0 Å². The van der Waals surface area contributed by atoms with Gasteiger partial charge in [-0.1, -0.05) is 18.2 Å². The van der Waals surface area contributed by atoms with Gasteiger partial charge in [-0.3, -0.25) is 0 Å². The fourth-order valence-corrected chi connectivity index (χ4v) is 5.96. The largest absolute Gasteiger partial charge is 0.207 e. The Morgan fingerprint density at radius 3 is 0.593 bits per heavy atom. The molecule has 1 unspecified atom stereocenters. The second-order valence-electron chi connectivity index (χ2n) is 11.2. The van der Waals surface area contributed by atoms with Crippen molar-refractivity contribution in [3.05, 3.63) is 146 Å². The van der Waals surface area contributed by atoms with E-state index in [2.05, 4.69) is 32.0 Å². The number of rotatable bonds is 4. The van der Waals surface area contributed by atoms with Gasteiger partial charge in [-0.05, 0) is 25.0 Å². The molecule has 288 valence electrons. The SMILES string of the molecule is Cc1cccc(C)c1[PH3+].Fc1c(F)c(F)c([B-](c2c(F)c(F)c(F)c(F)c2F)(c2c(F)c(F)c(F)c(F)c2F)c2c(F)c(F)c(F)c(F)c2F)c(F)c1F. The summed E-state index contributed by atoms with van der Waals surface area (Å²) in [7, 11) is 1.96. The van der Waals surface area contributed by atoms with Gasteiger partial charge >= 0.3 is 0 Å². The van der Waals surface area contributed by atoms with Crippen LogP contribution in [0, 0.1) is 130 Å². The van der Waals surface area contributed by atoms with E-state index >= 15 is 35.1 Å². The molecule has 0 fully saturated rings. The molecule has 0 nitrogen and oxygen atoms in total. The quantitative estimate of drug-likeness (QED) is 0.0585. The molecule has 0 saturated carbocycles. The van der Waals surface area contributed by atoms with Gasteiger partial charge in [-0.15, -0.1) is 21.9 Å². The first-order valence-electron chi connectivity index (χ1n) is 14.0. The van der Waals surface area contributed by atoms with E-state index in [9.17, 15) is 52.7 Å². The summed E-state index contributed by atoms with van der Waals surface area (Å²) in [5, 5.41) is 1.44. The molecule has 5 aromatic carbocycles. The van der Waals surface area contributed by atoms with Crippen molar-refractivity contribution in [1.29, 1.82) is 0 Å². The molecule has 0 aliphatic carbocycles. The summed E-state index contributed by atoms with van der Waals surface area (Å²) in [5.74, 6) is -71.4. The van der Waals surface area contributed by atoms with E-state index in [-0.39, 0.29) is 0 Å². The van der Waals surface area contributed by atoms with Gasteiger partial charge in [0.25, 0.3) is 0 Å². The maximum Gasteiger partial charge on any atom is 0.200 e. The molecular formula is C32H12BF20P. The summed E-state index contributed by atoms with van der Waals surface area (Å²) < 4.78 is 294. The number of hydrogen-bond donors (Lipinski definition) is 0. The summed E-state index contributed by atoms with van der Waals surface area (Å²) >= 11 is 0. The van der Waals surface area contributed by atoms with Crippen molar-refractivity contribution >= 4 is 42.5 Å². The van der Waals surface area contributed by atoms with Crippen LogP contribution in [0.1, 0.15) is 11.1 Å². The molecule has 54 heavy (non-hydrogen) atoms. The zero-order valence-corrected chi connectivity index (χ0v) is 27.5. The zero-order chi connectivity index (χ0) is 41.2. The molecular weight excluding hydrogens is 806 g/mol. The molecule has 5 aromatic rings. The van der Waals surface area contributed by atoms with E-state index < -0.39 is 144 Å². The minimum Gasteiger partial charge on any atom is -0.207 e. The lowest BCUT2D eigenvalue weighted by Crippen LogP contribution is -2.81. The summed E-state index contributed by atoms with van der Waals surface area (Å²) in [5.41, 5.74) is -11.5. The van der Waals surface area contributed by atoms with Crippen LogP contribution in [-0.4, -0.2) is 6.15 Å². The Hall–Kier alpha value is -4.81.